The van der Waals surface area contributed by atoms with E-state index in [-0.39, 0.29) is 17.0 Å². The SMILES string of the molecule is O=[N+]([O-])c1cccc(C[N+]23CCOC2OCC3)c1. The topological polar surface area (TPSA) is 61.6 Å². The number of hydrogen-bond acceptors (Lipinski definition) is 4. The Bertz CT molecular complexity index is 467. The van der Waals surface area contributed by atoms with Crippen LogP contribution in [0.1, 0.15) is 5.56 Å². The molecule has 2 aliphatic heterocycles. The molecule has 0 radical (unpaired) electrons. The molecule has 2 saturated heterocycles. The number of rotatable bonds is 3. The first-order chi connectivity index (χ1) is 8.70. The van der Waals surface area contributed by atoms with Gasteiger partial charge in [0, 0.05) is 17.7 Å². The summed E-state index contributed by atoms with van der Waals surface area (Å²) in [5, 5.41) is 10.8. The van der Waals surface area contributed by atoms with Crippen molar-refractivity contribution < 1.29 is 18.9 Å². The lowest BCUT2D eigenvalue weighted by molar-refractivity contribution is -0.962. The fraction of sp³-hybridized carbons (Fsp3) is 0.500. The molecule has 1 aromatic carbocycles. The molecule has 0 aliphatic carbocycles. The van der Waals surface area contributed by atoms with E-state index in [0.717, 1.165) is 29.7 Å². The minimum atomic E-state index is -0.359. The van der Waals surface area contributed by atoms with Gasteiger partial charge < -0.3 is 0 Å². The number of quaternary nitrogens is 1. The highest BCUT2D eigenvalue weighted by Crippen LogP contribution is 2.31. The van der Waals surface area contributed by atoms with Gasteiger partial charge in [0.25, 0.3) is 5.69 Å². The number of non-ortho nitro benzene ring substituents is 1. The second-order valence-electron chi connectivity index (χ2n) is 4.80. The quantitative estimate of drug-likeness (QED) is 0.461. The summed E-state index contributed by atoms with van der Waals surface area (Å²) >= 11 is 0. The number of fused-ring (bicyclic) bond motifs is 1. The summed E-state index contributed by atoms with van der Waals surface area (Å²) < 4.78 is 11.8. The van der Waals surface area contributed by atoms with Crippen LogP contribution in [0, 0.1) is 10.1 Å². The first kappa shape index (κ1) is 11.6. The van der Waals surface area contributed by atoms with Gasteiger partial charge in [-0.15, -0.1) is 0 Å². The van der Waals surface area contributed by atoms with Crippen molar-refractivity contribution in [2.75, 3.05) is 26.3 Å². The Hall–Kier alpha value is -1.50. The van der Waals surface area contributed by atoms with Gasteiger partial charge in [0.05, 0.1) is 4.92 Å². The lowest BCUT2D eigenvalue weighted by Gasteiger charge is -2.30. The van der Waals surface area contributed by atoms with E-state index in [1.54, 1.807) is 12.1 Å². The van der Waals surface area contributed by atoms with Gasteiger partial charge in [0.15, 0.2) is 0 Å². The third-order valence-electron chi connectivity index (χ3n) is 3.66. The molecule has 0 unspecified atom stereocenters. The van der Waals surface area contributed by atoms with Crippen LogP contribution in [0.4, 0.5) is 5.69 Å². The predicted octanol–water partition coefficient (Wildman–Crippen LogP) is 1.26. The molecular weight excluding hydrogens is 236 g/mol. The van der Waals surface area contributed by atoms with Gasteiger partial charge in [-0.2, -0.15) is 0 Å². The van der Waals surface area contributed by atoms with Crippen molar-refractivity contribution >= 4 is 5.69 Å². The second-order valence-corrected chi connectivity index (χ2v) is 4.80. The highest BCUT2D eigenvalue weighted by molar-refractivity contribution is 5.33. The molecule has 0 bridgehead atoms. The molecule has 0 atom stereocenters. The molecule has 2 aliphatic rings. The van der Waals surface area contributed by atoms with Crippen LogP contribution < -0.4 is 0 Å². The van der Waals surface area contributed by atoms with Crippen molar-refractivity contribution in [3.63, 3.8) is 0 Å². The van der Waals surface area contributed by atoms with Crippen LogP contribution in [0.15, 0.2) is 24.3 Å². The summed E-state index contributed by atoms with van der Waals surface area (Å²) in [6.45, 7) is 3.94. The van der Waals surface area contributed by atoms with E-state index in [9.17, 15) is 10.1 Å². The van der Waals surface area contributed by atoms with Crippen LogP contribution in [-0.4, -0.2) is 42.1 Å². The fourth-order valence-electron chi connectivity index (χ4n) is 2.72. The third-order valence-corrected chi connectivity index (χ3v) is 3.66. The molecule has 1 aromatic rings. The second kappa shape index (κ2) is 4.31. The Balaban J connectivity index is 1.84. The number of ether oxygens (including phenoxy) is 2. The van der Waals surface area contributed by atoms with Crippen LogP contribution in [0.5, 0.6) is 0 Å². The van der Waals surface area contributed by atoms with Crippen LogP contribution in [-0.2, 0) is 16.0 Å². The first-order valence-electron chi connectivity index (χ1n) is 6.02. The van der Waals surface area contributed by atoms with Gasteiger partial charge in [0.1, 0.15) is 32.8 Å². The molecule has 96 valence electrons. The maximum atomic E-state index is 10.8. The highest BCUT2D eigenvalue weighted by atomic mass is 16.7. The predicted molar refractivity (Wildman–Crippen MR) is 62.5 cm³/mol. The van der Waals surface area contributed by atoms with E-state index in [1.807, 2.05) is 6.07 Å². The summed E-state index contributed by atoms with van der Waals surface area (Å²) in [4.78, 5) is 10.4. The molecule has 6 heteroatoms. The van der Waals surface area contributed by atoms with Crippen molar-refractivity contribution in [3.05, 3.63) is 39.9 Å². The van der Waals surface area contributed by atoms with E-state index in [0.29, 0.717) is 13.2 Å². The third kappa shape index (κ3) is 1.88. The van der Waals surface area contributed by atoms with Crippen molar-refractivity contribution in [1.82, 2.24) is 0 Å². The van der Waals surface area contributed by atoms with Crippen LogP contribution in [0.25, 0.3) is 0 Å². The van der Waals surface area contributed by atoms with Gasteiger partial charge in [-0.25, -0.2) is 0 Å². The highest BCUT2D eigenvalue weighted by Gasteiger charge is 2.48. The van der Waals surface area contributed by atoms with Crippen molar-refractivity contribution in [3.8, 4) is 0 Å². The first-order valence-corrected chi connectivity index (χ1v) is 6.02. The van der Waals surface area contributed by atoms with E-state index in [1.165, 1.54) is 6.07 Å². The monoisotopic (exact) mass is 251 g/mol. The maximum Gasteiger partial charge on any atom is 0.309 e. The largest absolute Gasteiger partial charge is 0.309 e. The van der Waals surface area contributed by atoms with Crippen molar-refractivity contribution in [1.29, 1.82) is 0 Å². The molecular formula is C12H15N2O4+. The van der Waals surface area contributed by atoms with Gasteiger partial charge >= 0.3 is 6.41 Å². The molecule has 0 spiro atoms. The molecule has 6 nitrogen and oxygen atoms in total. The minimum Gasteiger partial charge on any atom is -0.300 e. The summed E-state index contributed by atoms with van der Waals surface area (Å²) in [5.74, 6) is 0. The van der Waals surface area contributed by atoms with Gasteiger partial charge in [-0.1, -0.05) is 12.1 Å². The number of nitrogens with zero attached hydrogens (tertiary/aromatic N) is 2. The Morgan fingerprint density at radius 3 is 2.72 bits per heavy atom. The Labute approximate surface area is 104 Å². The van der Waals surface area contributed by atoms with Crippen LogP contribution in [0.3, 0.4) is 0 Å². The Kier molecular flexibility index (Phi) is 2.77. The number of hydrogen-bond donors (Lipinski definition) is 0. The van der Waals surface area contributed by atoms with Gasteiger partial charge in [0.2, 0.25) is 0 Å². The van der Waals surface area contributed by atoms with E-state index in [2.05, 4.69) is 0 Å². The summed E-state index contributed by atoms with van der Waals surface area (Å²) in [6, 6.07) is 6.81. The molecule has 0 saturated carbocycles. The zero-order valence-corrected chi connectivity index (χ0v) is 9.95. The maximum absolute atomic E-state index is 10.8. The Morgan fingerprint density at radius 2 is 2.06 bits per heavy atom. The van der Waals surface area contributed by atoms with Crippen molar-refractivity contribution in [2.45, 2.75) is 13.0 Å². The summed E-state index contributed by atoms with van der Waals surface area (Å²) in [6.07, 6.45) is -0.190. The fourth-order valence-corrected chi connectivity index (χ4v) is 2.72. The molecule has 3 rings (SSSR count). The normalized spacial score (nSPS) is 30.3. The lowest BCUT2D eigenvalue weighted by Crippen LogP contribution is -2.47. The number of nitro benzene ring substituents is 1. The van der Waals surface area contributed by atoms with E-state index < -0.39 is 0 Å². The molecule has 2 fully saturated rings. The van der Waals surface area contributed by atoms with Crippen LogP contribution in [0.2, 0.25) is 0 Å². The summed E-state index contributed by atoms with van der Waals surface area (Å²) in [5.41, 5.74) is 1.10. The average Bonchev–Trinajstić information content (AvgIpc) is 2.88. The molecule has 0 amide bonds. The number of nitro groups is 1. The molecule has 2 heterocycles. The zero-order valence-electron chi connectivity index (χ0n) is 9.95. The van der Waals surface area contributed by atoms with E-state index >= 15 is 0 Å². The molecule has 0 N–H and O–H groups in total. The zero-order chi connectivity index (χ0) is 12.6. The van der Waals surface area contributed by atoms with Crippen molar-refractivity contribution in [2.24, 2.45) is 0 Å². The van der Waals surface area contributed by atoms with Gasteiger partial charge in [-0.3, -0.25) is 24.1 Å². The van der Waals surface area contributed by atoms with E-state index in [4.69, 9.17) is 9.47 Å². The number of benzene rings is 1. The lowest BCUT2D eigenvalue weighted by atomic mass is 10.1. The van der Waals surface area contributed by atoms with Gasteiger partial charge in [-0.05, 0) is 0 Å². The minimum absolute atomic E-state index is 0.141. The average molecular weight is 251 g/mol. The standard InChI is InChI=1S/C12H15N2O4/c15-13(16)11-3-1-2-10(8-11)9-14-4-6-17-12(14)18-7-5-14/h1-3,8,12H,4-7,9H2/q+1. The Morgan fingerprint density at radius 1 is 1.33 bits per heavy atom. The molecule has 0 aromatic heterocycles. The molecule has 18 heavy (non-hydrogen) atoms. The van der Waals surface area contributed by atoms with Crippen LogP contribution >= 0.6 is 0 Å². The smallest absolute Gasteiger partial charge is 0.300 e. The summed E-state index contributed by atoms with van der Waals surface area (Å²) in [7, 11) is 0.